The lowest BCUT2D eigenvalue weighted by molar-refractivity contribution is 1.23. The molecule has 0 fully saturated rings. The Morgan fingerprint density at radius 1 is 0.875 bits per heavy atom. The fourth-order valence-electron chi connectivity index (χ4n) is 1.19. The second-order valence-corrected chi connectivity index (χ2v) is 3.71. The summed E-state index contributed by atoms with van der Waals surface area (Å²) in [5, 5.41) is 8.78. The molecule has 0 saturated heterocycles. The summed E-state index contributed by atoms with van der Waals surface area (Å²) >= 11 is 5.83. The summed E-state index contributed by atoms with van der Waals surface area (Å²) in [6.45, 7) is 0. The molecule has 0 aromatic heterocycles. The molecular weight excluding hydrogens is 222 g/mol. The van der Waals surface area contributed by atoms with E-state index < -0.39 is 0 Å². The molecule has 0 bridgehead atoms. The Hall–Kier alpha value is -1.87. The second-order valence-electron chi connectivity index (χ2n) is 3.27. The number of nitrogens with zero attached hydrogens (tertiary/aromatic N) is 2. The van der Waals surface area contributed by atoms with E-state index in [-0.39, 0.29) is 0 Å². The van der Waals surface area contributed by atoms with Gasteiger partial charge in [0.05, 0.1) is 11.4 Å². The molecule has 0 unspecified atom stereocenters. The third-order valence-electron chi connectivity index (χ3n) is 1.98. The fourth-order valence-corrected chi connectivity index (χ4v) is 1.38. The molecule has 2 N–H and O–H groups in total. The van der Waals surface area contributed by atoms with Gasteiger partial charge in [0.25, 0.3) is 0 Å². The van der Waals surface area contributed by atoms with E-state index in [0.717, 1.165) is 11.4 Å². The van der Waals surface area contributed by atoms with Crippen molar-refractivity contribution in [2.75, 3.05) is 5.73 Å². The highest BCUT2D eigenvalue weighted by Gasteiger charge is 1.92. The Balaban J connectivity index is 2.18. The van der Waals surface area contributed by atoms with E-state index in [0.29, 0.717) is 10.7 Å². The van der Waals surface area contributed by atoms with E-state index >= 15 is 0 Å². The van der Waals surface area contributed by atoms with Gasteiger partial charge in [-0.25, -0.2) is 0 Å². The highest BCUT2D eigenvalue weighted by atomic mass is 35.5. The lowest BCUT2D eigenvalue weighted by atomic mass is 10.3. The molecule has 2 aromatic rings. The molecule has 0 aliphatic carbocycles. The van der Waals surface area contributed by atoms with E-state index in [2.05, 4.69) is 10.2 Å². The molecule has 0 amide bonds. The number of azo groups is 1. The predicted octanol–water partition coefficient (Wildman–Crippen LogP) is 4.34. The first kappa shape index (κ1) is 10.6. The van der Waals surface area contributed by atoms with Crippen molar-refractivity contribution in [2.24, 2.45) is 10.2 Å². The van der Waals surface area contributed by atoms with Gasteiger partial charge in [0.1, 0.15) is 0 Å². The Morgan fingerprint density at radius 3 is 2.25 bits per heavy atom. The first-order valence-electron chi connectivity index (χ1n) is 4.77. The van der Waals surface area contributed by atoms with E-state index in [1.165, 1.54) is 0 Å². The summed E-state index contributed by atoms with van der Waals surface area (Å²) in [4.78, 5) is 0. The molecule has 2 aromatic carbocycles. The second kappa shape index (κ2) is 4.77. The minimum atomic E-state index is 0.647. The summed E-state index contributed by atoms with van der Waals surface area (Å²) in [6.07, 6.45) is 0. The normalized spacial score (nSPS) is 10.8. The summed E-state index contributed by atoms with van der Waals surface area (Å²) in [5.74, 6) is 0. The molecule has 80 valence electrons. The molecule has 0 atom stereocenters. The Morgan fingerprint density at radius 2 is 1.56 bits per heavy atom. The number of anilines is 1. The van der Waals surface area contributed by atoms with Gasteiger partial charge in [-0.15, -0.1) is 0 Å². The largest absolute Gasteiger partial charge is 0.399 e. The van der Waals surface area contributed by atoms with Crippen LogP contribution in [-0.2, 0) is 0 Å². The number of hydrogen-bond acceptors (Lipinski definition) is 3. The number of nitrogen functional groups attached to an aromatic ring is 1. The Labute approximate surface area is 98.6 Å². The molecule has 0 heterocycles. The summed E-state index contributed by atoms with van der Waals surface area (Å²) in [6, 6.07) is 14.4. The third kappa shape index (κ3) is 2.81. The van der Waals surface area contributed by atoms with Gasteiger partial charge in [-0.3, -0.25) is 0 Å². The molecule has 0 saturated carbocycles. The van der Waals surface area contributed by atoms with Gasteiger partial charge in [-0.2, -0.15) is 10.2 Å². The fraction of sp³-hybridized carbons (Fsp3) is 0. The lowest BCUT2D eigenvalue weighted by Gasteiger charge is -1.95. The van der Waals surface area contributed by atoms with Crippen LogP contribution in [-0.4, -0.2) is 0 Å². The maximum Gasteiger partial charge on any atom is 0.0871 e. The van der Waals surface area contributed by atoms with E-state index in [1.807, 2.05) is 24.3 Å². The molecule has 0 spiro atoms. The molecular formula is C12H10ClN3. The highest BCUT2D eigenvalue weighted by molar-refractivity contribution is 6.30. The van der Waals surface area contributed by atoms with Crippen molar-refractivity contribution in [3.05, 3.63) is 53.6 Å². The average molecular weight is 232 g/mol. The van der Waals surface area contributed by atoms with Gasteiger partial charge in [-0.1, -0.05) is 17.7 Å². The van der Waals surface area contributed by atoms with Crippen molar-refractivity contribution in [3.8, 4) is 0 Å². The van der Waals surface area contributed by atoms with Gasteiger partial charge in [0, 0.05) is 10.7 Å². The van der Waals surface area contributed by atoms with Gasteiger partial charge < -0.3 is 5.73 Å². The van der Waals surface area contributed by atoms with E-state index in [4.69, 9.17) is 17.3 Å². The van der Waals surface area contributed by atoms with Gasteiger partial charge in [-0.05, 0) is 42.5 Å². The van der Waals surface area contributed by atoms with Crippen LogP contribution in [0.1, 0.15) is 0 Å². The van der Waals surface area contributed by atoms with Gasteiger partial charge in [0.2, 0.25) is 0 Å². The smallest absolute Gasteiger partial charge is 0.0871 e. The number of rotatable bonds is 2. The van der Waals surface area contributed by atoms with Crippen molar-refractivity contribution < 1.29 is 0 Å². The van der Waals surface area contributed by atoms with E-state index in [1.54, 1.807) is 24.3 Å². The van der Waals surface area contributed by atoms with Crippen LogP contribution in [0, 0.1) is 0 Å². The van der Waals surface area contributed by atoms with Gasteiger partial charge in [0.15, 0.2) is 0 Å². The van der Waals surface area contributed by atoms with Crippen molar-refractivity contribution in [3.63, 3.8) is 0 Å². The maximum absolute atomic E-state index is 5.83. The monoisotopic (exact) mass is 231 g/mol. The zero-order valence-corrected chi connectivity index (χ0v) is 9.22. The van der Waals surface area contributed by atoms with Crippen LogP contribution in [0.4, 0.5) is 17.1 Å². The van der Waals surface area contributed by atoms with Crippen molar-refractivity contribution in [1.82, 2.24) is 0 Å². The van der Waals surface area contributed by atoms with Crippen LogP contribution in [0.3, 0.4) is 0 Å². The quantitative estimate of drug-likeness (QED) is 0.607. The third-order valence-corrected chi connectivity index (χ3v) is 2.22. The van der Waals surface area contributed by atoms with Crippen molar-refractivity contribution >= 4 is 28.7 Å². The molecule has 4 heteroatoms. The van der Waals surface area contributed by atoms with Crippen LogP contribution in [0.25, 0.3) is 0 Å². The topological polar surface area (TPSA) is 50.7 Å². The number of hydrogen-bond donors (Lipinski definition) is 1. The first-order chi connectivity index (χ1) is 7.74. The minimum Gasteiger partial charge on any atom is -0.399 e. The zero-order valence-electron chi connectivity index (χ0n) is 8.47. The molecule has 16 heavy (non-hydrogen) atoms. The van der Waals surface area contributed by atoms with E-state index in [9.17, 15) is 0 Å². The predicted molar refractivity (Wildman–Crippen MR) is 66.5 cm³/mol. The minimum absolute atomic E-state index is 0.647. The Bertz CT molecular complexity index is 506. The van der Waals surface area contributed by atoms with Crippen molar-refractivity contribution in [2.45, 2.75) is 0 Å². The molecule has 0 radical (unpaired) electrons. The van der Waals surface area contributed by atoms with Crippen LogP contribution < -0.4 is 5.73 Å². The summed E-state index contributed by atoms with van der Waals surface area (Å²) in [7, 11) is 0. The molecule has 0 aliphatic heterocycles. The Kier molecular flexibility index (Phi) is 3.17. The van der Waals surface area contributed by atoms with Crippen molar-refractivity contribution in [1.29, 1.82) is 0 Å². The summed E-state index contributed by atoms with van der Waals surface area (Å²) < 4.78 is 0. The van der Waals surface area contributed by atoms with Crippen LogP contribution >= 0.6 is 11.6 Å². The SMILES string of the molecule is Nc1ccc(N=Nc2cccc(Cl)c2)cc1. The lowest BCUT2D eigenvalue weighted by Crippen LogP contribution is -1.80. The first-order valence-corrected chi connectivity index (χ1v) is 5.15. The van der Waals surface area contributed by atoms with Crippen LogP contribution in [0.2, 0.25) is 5.02 Å². The average Bonchev–Trinajstić information content (AvgIpc) is 2.28. The van der Waals surface area contributed by atoms with Crippen LogP contribution in [0.5, 0.6) is 0 Å². The molecule has 0 aliphatic rings. The standard InChI is InChI=1S/C12H10ClN3/c13-9-2-1-3-12(8-9)16-15-11-6-4-10(14)5-7-11/h1-8H,14H2. The van der Waals surface area contributed by atoms with Gasteiger partial charge >= 0.3 is 0 Å². The maximum atomic E-state index is 5.83. The number of nitrogens with two attached hydrogens (primary N) is 1. The zero-order chi connectivity index (χ0) is 11.4. The highest BCUT2D eigenvalue weighted by Crippen LogP contribution is 2.21. The number of halogens is 1. The number of benzene rings is 2. The molecule has 3 nitrogen and oxygen atoms in total. The van der Waals surface area contributed by atoms with Crippen LogP contribution in [0.15, 0.2) is 58.8 Å². The summed E-state index contributed by atoms with van der Waals surface area (Å²) in [5.41, 5.74) is 7.76. The molecule has 2 rings (SSSR count).